The summed E-state index contributed by atoms with van der Waals surface area (Å²) >= 11 is 0. The fourth-order valence-corrected chi connectivity index (χ4v) is 1.63. The van der Waals surface area contributed by atoms with Crippen LogP contribution in [-0.4, -0.2) is 23.0 Å². The Morgan fingerprint density at radius 1 is 1.28 bits per heavy atom. The minimum Gasteiger partial charge on any atom is -0.497 e. The topological polar surface area (TPSA) is 104 Å². The molecule has 6 heteroatoms. The number of benzene rings is 1. The van der Waals surface area contributed by atoms with Crippen molar-refractivity contribution in [3.05, 3.63) is 36.2 Å². The average molecular weight is 244 g/mol. The molecule has 18 heavy (non-hydrogen) atoms. The molecular formula is C12H12N4O2. The molecular weight excluding hydrogens is 232 g/mol. The van der Waals surface area contributed by atoms with Crippen LogP contribution in [0.5, 0.6) is 5.75 Å². The number of hydrogen-bond donors (Lipinski definition) is 2. The van der Waals surface area contributed by atoms with Crippen molar-refractivity contribution in [1.82, 2.24) is 9.97 Å². The Hall–Kier alpha value is -2.63. The summed E-state index contributed by atoms with van der Waals surface area (Å²) in [5.74, 6) is 0.204. The van der Waals surface area contributed by atoms with E-state index in [4.69, 9.17) is 16.2 Å². The molecule has 0 unspecified atom stereocenters. The number of nitrogens with two attached hydrogens (primary N) is 2. The van der Waals surface area contributed by atoms with E-state index in [1.54, 1.807) is 24.5 Å². The monoisotopic (exact) mass is 244 g/mol. The largest absolute Gasteiger partial charge is 0.497 e. The van der Waals surface area contributed by atoms with E-state index in [0.29, 0.717) is 22.8 Å². The van der Waals surface area contributed by atoms with Crippen molar-refractivity contribution < 1.29 is 9.53 Å². The van der Waals surface area contributed by atoms with Gasteiger partial charge in [-0.3, -0.25) is 4.79 Å². The van der Waals surface area contributed by atoms with Gasteiger partial charge >= 0.3 is 0 Å². The van der Waals surface area contributed by atoms with Crippen molar-refractivity contribution in [1.29, 1.82) is 0 Å². The second kappa shape index (κ2) is 4.70. The Balaban J connectivity index is 2.70. The normalized spacial score (nSPS) is 10.1. The summed E-state index contributed by atoms with van der Waals surface area (Å²) in [4.78, 5) is 19.6. The molecule has 2 rings (SSSR count). The predicted molar refractivity (Wildman–Crippen MR) is 67.0 cm³/mol. The van der Waals surface area contributed by atoms with E-state index in [2.05, 4.69) is 9.97 Å². The Labute approximate surface area is 104 Å². The smallest absolute Gasteiger partial charge is 0.249 e. The van der Waals surface area contributed by atoms with Gasteiger partial charge in [0.15, 0.2) is 5.82 Å². The van der Waals surface area contributed by atoms with Crippen LogP contribution < -0.4 is 16.2 Å². The Morgan fingerprint density at radius 3 is 2.50 bits per heavy atom. The number of hydrogen-bond acceptors (Lipinski definition) is 5. The van der Waals surface area contributed by atoms with E-state index in [1.165, 1.54) is 13.2 Å². The van der Waals surface area contributed by atoms with Crippen LogP contribution in [0.25, 0.3) is 11.4 Å². The van der Waals surface area contributed by atoms with Gasteiger partial charge in [0, 0.05) is 24.1 Å². The Bertz CT molecular complexity index is 584. The number of nitrogen functional groups attached to an aromatic ring is 1. The van der Waals surface area contributed by atoms with Gasteiger partial charge in [0.2, 0.25) is 5.91 Å². The van der Waals surface area contributed by atoms with E-state index in [1.807, 2.05) is 0 Å². The number of rotatable bonds is 3. The van der Waals surface area contributed by atoms with Gasteiger partial charge in [-0.1, -0.05) is 0 Å². The Kier molecular flexibility index (Phi) is 3.09. The summed E-state index contributed by atoms with van der Waals surface area (Å²) < 4.78 is 5.05. The van der Waals surface area contributed by atoms with E-state index in [0.717, 1.165) is 0 Å². The molecule has 92 valence electrons. The minimum absolute atomic E-state index is 0.234. The molecule has 1 heterocycles. The molecule has 1 amide bonds. The first-order valence-corrected chi connectivity index (χ1v) is 5.18. The van der Waals surface area contributed by atoms with Gasteiger partial charge in [-0.25, -0.2) is 9.97 Å². The van der Waals surface area contributed by atoms with Gasteiger partial charge in [0.25, 0.3) is 0 Å². The number of anilines is 1. The highest BCUT2D eigenvalue weighted by Gasteiger charge is 2.17. The molecule has 0 fully saturated rings. The third-order valence-corrected chi connectivity index (χ3v) is 2.43. The number of carbonyl (C=O) groups is 1. The molecule has 2 aromatic rings. The molecule has 0 saturated carbocycles. The van der Waals surface area contributed by atoms with Crippen molar-refractivity contribution >= 4 is 11.6 Å². The van der Waals surface area contributed by atoms with Crippen LogP contribution in [0.4, 0.5) is 5.69 Å². The maximum absolute atomic E-state index is 11.5. The van der Waals surface area contributed by atoms with E-state index in [9.17, 15) is 4.79 Å². The van der Waals surface area contributed by atoms with Crippen molar-refractivity contribution in [3.63, 3.8) is 0 Å². The van der Waals surface area contributed by atoms with Crippen LogP contribution in [0.15, 0.2) is 30.6 Å². The molecule has 1 aromatic heterocycles. The van der Waals surface area contributed by atoms with Crippen LogP contribution in [0.2, 0.25) is 0 Å². The molecule has 0 atom stereocenters. The van der Waals surface area contributed by atoms with Crippen LogP contribution in [0, 0.1) is 0 Å². The van der Waals surface area contributed by atoms with Crippen LogP contribution >= 0.6 is 0 Å². The first-order chi connectivity index (χ1) is 8.63. The molecule has 0 saturated heterocycles. The highest BCUT2D eigenvalue weighted by molar-refractivity contribution is 6.02. The Morgan fingerprint density at radius 2 is 1.94 bits per heavy atom. The zero-order chi connectivity index (χ0) is 13.1. The van der Waals surface area contributed by atoms with Gasteiger partial charge in [-0.05, 0) is 12.1 Å². The molecule has 0 aliphatic carbocycles. The van der Waals surface area contributed by atoms with E-state index in [-0.39, 0.29) is 5.56 Å². The van der Waals surface area contributed by atoms with Crippen molar-refractivity contribution in [2.75, 3.05) is 12.8 Å². The lowest BCUT2D eigenvalue weighted by molar-refractivity contribution is 0.100. The maximum Gasteiger partial charge on any atom is 0.249 e. The van der Waals surface area contributed by atoms with E-state index >= 15 is 0 Å². The average Bonchev–Trinajstić information content (AvgIpc) is 2.38. The van der Waals surface area contributed by atoms with E-state index < -0.39 is 5.91 Å². The molecule has 0 radical (unpaired) electrons. The molecule has 1 aromatic carbocycles. The summed E-state index contributed by atoms with van der Waals surface area (Å²) in [6.45, 7) is 0. The van der Waals surface area contributed by atoms with Gasteiger partial charge in [0.1, 0.15) is 5.75 Å². The van der Waals surface area contributed by atoms with Crippen molar-refractivity contribution in [3.8, 4) is 17.1 Å². The maximum atomic E-state index is 11.5. The van der Waals surface area contributed by atoms with Gasteiger partial charge < -0.3 is 16.2 Å². The van der Waals surface area contributed by atoms with Crippen LogP contribution in [-0.2, 0) is 0 Å². The third-order valence-electron chi connectivity index (χ3n) is 2.43. The second-order valence-corrected chi connectivity index (χ2v) is 3.58. The molecule has 0 aliphatic rings. The summed E-state index contributed by atoms with van der Waals surface area (Å²) in [6.07, 6.45) is 3.13. The lowest BCUT2D eigenvalue weighted by atomic mass is 10.0. The number of ether oxygens (including phenoxy) is 1. The lowest BCUT2D eigenvalue weighted by Gasteiger charge is -2.11. The molecule has 0 spiro atoms. The fourth-order valence-electron chi connectivity index (χ4n) is 1.63. The SMILES string of the molecule is COc1cc(N)c(-c2ncccn2)c(C(N)=O)c1. The number of primary amides is 1. The van der Waals surface area contributed by atoms with Crippen LogP contribution in [0.3, 0.4) is 0 Å². The quantitative estimate of drug-likeness (QED) is 0.778. The summed E-state index contributed by atoms with van der Waals surface area (Å²) in [5.41, 5.74) is 12.2. The first kappa shape index (κ1) is 11.8. The summed E-state index contributed by atoms with van der Waals surface area (Å²) in [6, 6.07) is 4.79. The number of carbonyl (C=O) groups excluding carboxylic acids is 1. The minimum atomic E-state index is -0.608. The number of aromatic nitrogens is 2. The zero-order valence-electron chi connectivity index (χ0n) is 9.75. The fraction of sp³-hybridized carbons (Fsp3) is 0.0833. The van der Waals surface area contributed by atoms with Gasteiger partial charge in [-0.2, -0.15) is 0 Å². The lowest BCUT2D eigenvalue weighted by Crippen LogP contribution is -2.14. The number of nitrogens with zero attached hydrogens (tertiary/aromatic N) is 2. The number of methoxy groups -OCH3 is 1. The second-order valence-electron chi connectivity index (χ2n) is 3.58. The number of amides is 1. The van der Waals surface area contributed by atoms with Gasteiger partial charge in [-0.15, -0.1) is 0 Å². The summed E-state index contributed by atoms with van der Waals surface area (Å²) in [7, 11) is 1.48. The molecule has 0 bridgehead atoms. The van der Waals surface area contributed by atoms with Crippen molar-refractivity contribution in [2.24, 2.45) is 5.73 Å². The highest BCUT2D eigenvalue weighted by Crippen LogP contribution is 2.31. The first-order valence-electron chi connectivity index (χ1n) is 5.18. The van der Waals surface area contributed by atoms with Crippen molar-refractivity contribution in [2.45, 2.75) is 0 Å². The molecule has 6 nitrogen and oxygen atoms in total. The van der Waals surface area contributed by atoms with Crippen LogP contribution in [0.1, 0.15) is 10.4 Å². The predicted octanol–water partition coefficient (Wildman–Crippen LogP) is 0.833. The molecule has 0 aliphatic heterocycles. The highest BCUT2D eigenvalue weighted by atomic mass is 16.5. The van der Waals surface area contributed by atoms with Gasteiger partial charge in [0.05, 0.1) is 18.2 Å². The third kappa shape index (κ3) is 2.08. The standard InChI is InChI=1S/C12H12N4O2/c1-18-7-5-8(11(14)17)10(9(13)6-7)12-15-3-2-4-16-12/h2-6H,13H2,1H3,(H2,14,17). The molecule has 4 N–H and O–H groups in total. The summed E-state index contributed by atoms with van der Waals surface area (Å²) in [5, 5.41) is 0. The zero-order valence-corrected chi connectivity index (χ0v) is 9.75.